The zero-order chi connectivity index (χ0) is 36.9. The highest BCUT2D eigenvalue weighted by Gasteiger charge is 2.23. The number of fused-ring (bicyclic) bond motifs is 2. The Morgan fingerprint density at radius 3 is 1.74 bits per heavy atom. The third-order valence-corrected chi connectivity index (χ3v) is 8.59. The molecule has 0 aliphatic carbocycles. The highest BCUT2D eigenvalue weighted by atomic mass is 16.5. The first-order valence-electron chi connectivity index (χ1n) is 16.7. The first-order valence-corrected chi connectivity index (χ1v) is 16.7. The standard InChI is InChI=1S/C36H36N4O13/c1-45-26-15-21(16-27-22(26)17-28(51-27)33-37-19-30(52-33)35(41)42)39-5-9-47-11-7-40(8-12-49-14-13-48-10-6-39)24-3-4-25-23(32(24)46-2)18-29(50-25)34-38-20-31(53-34)36(43)44/h3-4,15-20H,5-14H2,1-2H3,(H,41,42)(H,43,44). The van der Waals surface area contributed by atoms with Crippen LogP contribution in [0.2, 0.25) is 0 Å². The summed E-state index contributed by atoms with van der Waals surface area (Å²) in [5, 5.41) is 19.8. The summed E-state index contributed by atoms with van der Waals surface area (Å²) >= 11 is 0. The number of nitrogens with zero attached hydrogens (tertiary/aromatic N) is 4. The third kappa shape index (κ3) is 7.62. The number of oxazole rings is 2. The molecule has 0 saturated carbocycles. The van der Waals surface area contributed by atoms with E-state index >= 15 is 0 Å². The van der Waals surface area contributed by atoms with E-state index in [2.05, 4.69) is 19.8 Å². The maximum absolute atomic E-state index is 11.3. The molecule has 1 fully saturated rings. The fourth-order valence-corrected chi connectivity index (χ4v) is 6.01. The molecule has 7 rings (SSSR count). The van der Waals surface area contributed by atoms with Crippen LogP contribution in [0.25, 0.3) is 45.2 Å². The molecule has 1 saturated heterocycles. The van der Waals surface area contributed by atoms with E-state index in [-0.39, 0.29) is 34.8 Å². The molecular formula is C36H36N4O13. The van der Waals surface area contributed by atoms with Crippen LogP contribution in [0.1, 0.15) is 21.1 Å². The van der Waals surface area contributed by atoms with Gasteiger partial charge in [-0.2, -0.15) is 0 Å². The van der Waals surface area contributed by atoms with Gasteiger partial charge in [-0.05, 0) is 12.1 Å². The minimum atomic E-state index is -1.23. The van der Waals surface area contributed by atoms with Crippen LogP contribution in [-0.2, 0) is 14.2 Å². The second-order valence-electron chi connectivity index (χ2n) is 11.8. The molecule has 0 unspecified atom stereocenters. The van der Waals surface area contributed by atoms with E-state index < -0.39 is 11.9 Å². The highest BCUT2D eigenvalue weighted by molar-refractivity contribution is 5.93. The Bertz CT molecular complexity index is 2220. The molecule has 4 aromatic heterocycles. The van der Waals surface area contributed by atoms with E-state index in [4.69, 9.17) is 41.4 Å². The third-order valence-electron chi connectivity index (χ3n) is 8.59. The van der Waals surface area contributed by atoms with Crippen molar-refractivity contribution in [2.75, 3.05) is 89.8 Å². The van der Waals surface area contributed by atoms with Crippen molar-refractivity contribution in [1.82, 2.24) is 9.97 Å². The minimum absolute atomic E-state index is 0.0452. The van der Waals surface area contributed by atoms with Gasteiger partial charge in [0.25, 0.3) is 11.8 Å². The van der Waals surface area contributed by atoms with Gasteiger partial charge in [0.2, 0.25) is 11.5 Å². The van der Waals surface area contributed by atoms with Crippen LogP contribution in [0.5, 0.6) is 11.5 Å². The predicted molar refractivity (Wildman–Crippen MR) is 187 cm³/mol. The molecule has 0 bridgehead atoms. The molecule has 53 heavy (non-hydrogen) atoms. The van der Waals surface area contributed by atoms with Crippen LogP contribution in [0.15, 0.2) is 66.5 Å². The van der Waals surface area contributed by atoms with Crippen LogP contribution in [0.3, 0.4) is 0 Å². The molecule has 0 radical (unpaired) electrons. The van der Waals surface area contributed by atoms with Crippen molar-refractivity contribution in [3.8, 4) is 34.8 Å². The summed E-state index contributed by atoms with van der Waals surface area (Å²) < 4.78 is 52.3. The van der Waals surface area contributed by atoms with Crippen molar-refractivity contribution in [1.29, 1.82) is 0 Å². The molecule has 2 aromatic carbocycles. The number of anilines is 2. The lowest BCUT2D eigenvalue weighted by molar-refractivity contribution is 0.0530. The van der Waals surface area contributed by atoms with E-state index in [1.165, 1.54) is 0 Å². The van der Waals surface area contributed by atoms with Gasteiger partial charge in [-0.1, -0.05) is 0 Å². The monoisotopic (exact) mass is 732 g/mol. The molecule has 17 nitrogen and oxygen atoms in total. The van der Waals surface area contributed by atoms with E-state index in [9.17, 15) is 19.8 Å². The number of hydrogen-bond acceptors (Lipinski definition) is 15. The Morgan fingerprint density at radius 1 is 0.642 bits per heavy atom. The molecule has 5 heterocycles. The first kappa shape index (κ1) is 35.4. The van der Waals surface area contributed by atoms with Gasteiger partial charge in [-0.25, -0.2) is 19.6 Å². The van der Waals surface area contributed by atoms with Gasteiger partial charge in [-0.15, -0.1) is 0 Å². The number of ether oxygens (including phenoxy) is 5. The van der Waals surface area contributed by atoms with Crippen molar-refractivity contribution in [2.24, 2.45) is 0 Å². The van der Waals surface area contributed by atoms with E-state index in [0.717, 1.165) is 23.8 Å². The molecule has 6 aromatic rings. The average Bonchev–Trinajstić information content (AvgIpc) is 3.98. The van der Waals surface area contributed by atoms with Gasteiger partial charge in [-0.3, -0.25) is 0 Å². The Kier molecular flexibility index (Phi) is 10.5. The molecule has 0 amide bonds. The number of carbonyl (C=O) groups is 2. The van der Waals surface area contributed by atoms with Crippen LogP contribution in [0, 0.1) is 0 Å². The molecule has 2 N–H and O–H groups in total. The fraction of sp³-hybridized carbons (Fsp3) is 0.333. The zero-order valence-corrected chi connectivity index (χ0v) is 28.9. The summed E-state index contributed by atoms with van der Waals surface area (Å²) in [6.45, 7) is 4.61. The molecule has 17 heteroatoms. The normalized spacial score (nSPS) is 15.4. The molecule has 0 spiro atoms. The molecule has 0 atom stereocenters. The lowest BCUT2D eigenvalue weighted by atomic mass is 10.2. The second-order valence-corrected chi connectivity index (χ2v) is 11.8. The number of furan rings is 2. The van der Waals surface area contributed by atoms with Crippen LogP contribution >= 0.6 is 0 Å². The first-order chi connectivity index (χ1) is 25.8. The largest absolute Gasteiger partial charge is 0.496 e. The van der Waals surface area contributed by atoms with E-state index in [1.807, 2.05) is 24.3 Å². The van der Waals surface area contributed by atoms with Gasteiger partial charge in [0, 0.05) is 56.1 Å². The molecule has 1 aliphatic heterocycles. The maximum atomic E-state index is 11.3. The summed E-state index contributed by atoms with van der Waals surface area (Å²) in [6, 6.07) is 10.9. The topological polar surface area (TPSA) is 206 Å². The van der Waals surface area contributed by atoms with Crippen molar-refractivity contribution in [3.05, 3.63) is 60.3 Å². The average molecular weight is 733 g/mol. The number of hydrogen-bond donors (Lipinski definition) is 2. The number of carboxylic acids is 2. The lowest BCUT2D eigenvalue weighted by Gasteiger charge is -2.27. The number of benzene rings is 2. The number of aromatic nitrogens is 2. The minimum Gasteiger partial charge on any atom is -0.496 e. The second kappa shape index (κ2) is 15.7. The summed E-state index contributed by atoms with van der Waals surface area (Å²) in [5.41, 5.74) is 2.63. The van der Waals surface area contributed by atoms with Gasteiger partial charge in [0.1, 0.15) is 16.9 Å². The summed E-state index contributed by atoms with van der Waals surface area (Å²) in [5.74, 6) is -1.30. The van der Waals surface area contributed by atoms with Gasteiger partial charge in [0.15, 0.2) is 17.3 Å². The predicted octanol–water partition coefficient (Wildman–Crippen LogP) is 5.28. The number of aromatic carboxylic acids is 2. The molecule has 278 valence electrons. The van der Waals surface area contributed by atoms with Crippen LogP contribution in [0.4, 0.5) is 11.4 Å². The lowest BCUT2D eigenvalue weighted by Crippen LogP contribution is -2.33. The van der Waals surface area contributed by atoms with Crippen molar-refractivity contribution >= 4 is 45.3 Å². The summed E-state index contributed by atoms with van der Waals surface area (Å²) in [4.78, 5) is 34.9. The molecule has 1 aliphatic rings. The Labute approximate surface area is 301 Å². The van der Waals surface area contributed by atoms with Crippen molar-refractivity contribution in [2.45, 2.75) is 0 Å². The van der Waals surface area contributed by atoms with Crippen molar-refractivity contribution < 1.29 is 61.2 Å². The number of carboxylic acid groups (broad SMARTS) is 2. The van der Waals surface area contributed by atoms with Gasteiger partial charge < -0.3 is 61.4 Å². The highest BCUT2D eigenvalue weighted by Crippen LogP contribution is 2.40. The van der Waals surface area contributed by atoms with Gasteiger partial charge >= 0.3 is 11.9 Å². The Hall–Kier alpha value is -6.04. The number of methoxy groups -OCH3 is 2. The van der Waals surface area contributed by atoms with E-state index in [1.54, 1.807) is 26.4 Å². The fourth-order valence-electron chi connectivity index (χ4n) is 6.01. The summed E-state index contributed by atoms with van der Waals surface area (Å²) in [6.07, 6.45) is 2.26. The van der Waals surface area contributed by atoms with Gasteiger partial charge in [0.05, 0.1) is 82.7 Å². The Balaban J connectivity index is 1.08. The van der Waals surface area contributed by atoms with Crippen LogP contribution < -0.4 is 19.3 Å². The molecular weight excluding hydrogens is 696 g/mol. The zero-order valence-electron chi connectivity index (χ0n) is 28.9. The SMILES string of the molecule is COc1cc(N2CCOCCOCCN(c3ccc4oc(-c5ncc(C(=O)O)o5)cc4c3OC)CCOCC2)cc2oc(-c3ncc(C(=O)O)o3)cc12. The Morgan fingerprint density at radius 2 is 1.19 bits per heavy atom. The smallest absolute Gasteiger partial charge is 0.373 e. The summed E-state index contributed by atoms with van der Waals surface area (Å²) in [7, 11) is 3.14. The van der Waals surface area contributed by atoms with Crippen molar-refractivity contribution in [3.63, 3.8) is 0 Å². The van der Waals surface area contributed by atoms with Crippen LogP contribution in [-0.4, -0.2) is 112 Å². The maximum Gasteiger partial charge on any atom is 0.373 e. The number of rotatable bonds is 8. The van der Waals surface area contributed by atoms with E-state index in [0.29, 0.717) is 99.3 Å². The quantitative estimate of drug-likeness (QED) is 0.204.